The molecule has 0 spiro atoms. The van der Waals surface area contributed by atoms with E-state index in [1.807, 2.05) is 6.92 Å². The number of hydrogen-bond acceptors (Lipinski definition) is 3. The zero-order valence-electron chi connectivity index (χ0n) is 11.2. The minimum absolute atomic E-state index is 0.0443. The Morgan fingerprint density at radius 2 is 2.06 bits per heavy atom. The van der Waals surface area contributed by atoms with Crippen LogP contribution in [0.25, 0.3) is 0 Å². The van der Waals surface area contributed by atoms with E-state index in [1.165, 1.54) is 0 Å². The van der Waals surface area contributed by atoms with Crippen molar-refractivity contribution in [1.82, 2.24) is 10.2 Å². The van der Waals surface area contributed by atoms with Gasteiger partial charge < -0.3 is 15.0 Å². The Hall–Kier alpha value is -1.10. The molecule has 0 aromatic carbocycles. The molecule has 0 radical (unpaired) electrons. The largest absolute Gasteiger partial charge is 0.381 e. The summed E-state index contributed by atoms with van der Waals surface area (Å²) in [5.41, 5.74) is 0.0871. The van der Waals surface area contributed by atoms with E-state index in [0.717, 1.165) is 26.1 Å². The average molecular weight is 254 g/mol. The summed E-state index contributed by atoms with van der Waals surface area (Å²) in [7, 11) is 0. The number of rotatable bonds is 3. The molecule has 1 atom stereocenters. The first-order chi connectivity index (χ1) is 8.54. The van der Waals surface area contributed by atoms with Crippen molar-refractivity contribution in [2.75, 3.05) is 26.3 Å². The molecule has 2 amide bonds. The van der Waals surface area contributed by atoms with Gasteiger partial charge in [-0.3, -0.25) is 9.59 Å². The molecule has 18 heavy (non-hydrogen) atoms. The highest BCUT2D eigenvalue weighted by Crippen LogP contribution is 2.31. The number of nitrogens with zero attached hydrogens (tertiary/aromatic N) is 1. The van der Waals surface area contributed by atoms with Gasteiger partial charge in [-0.25, -0.2) is 0 Å². The number of carbonyl (C=O) groups excluding carboxylic acids is 2. The van der Waals surface area contributed by atoms with Gasteiger partial charge in [0.1, 0.15) is 6.04 Å². The van der Waals surface area contributed by atoms with E-state index in [2.05, 4.69) is 12.2 Å². The van der Waals surface area contributed by atoms with Crippen molar-refractivity contribution >= 4 is 11.8 Å². The predicted molar refractivity (Wildman–Crippen MR) is 67.0 cm³/mol. The monoisotopic (exact) mass is 254 g/mol. The first-order valence-electron chi connectivity index (χ1n) is 6.70. The van der Waals surface area contributed by atoms with Gasteiger partial charge in [-0.15, -0.1) is 0 Å². The Kier molecular flexibility index (Phi) is 3.90. The van der Waals surface area contributed by atoms with Crippen molar-refractivity contribution in [3.63, 3.8) is 0 Å². The summed E-state index contributed by atoms with van der Waals surface area (Å²) in [5.74, 6) is 0.0157. The third-order valence-electron chi connectivity index (χ3n) is 3.96. The van der Waals surface area contributed by atoms with Gasteiger partial charge >= 0.3 is 0 Å². The van der Waals surface area contributed by atoms with Crippen LogP contribution in [0.3, 0.4) is 0 Å². The van der Waals surface area contributed by atoms with Gasteiger partial charge in [0.2, 0.25) is 11.8 Å². The lowest BCUT2D eigenvalue weighted by Crippen LogP contribution is -2.59. The minimum atomic E-state index is -0.338. The fourth-order valence-corrected chi connectivity index (χ4v) is 2.67. The van der Waals surface area contributed by atoms with E-state index in [9.17, 15) is 9.59 Å². The summed E-state index contributed by atoms with van der Waals surface area (Å²) in [6.45, 7) is 6.47. The molecule has 2 heterocycles. The van der Waals surface area contributed by atoms with Crippen LogP contribution < -0.4 is 5.32 Å². The molecule has 1 N–H and O–H groups in total. The maximum Gasteiger partial charge on any atom is 0.245 e. The van der Waals surface area contributed by atoms with Crippen LogP contribution in [0, 0.1) is 5.41 Å². The van der Waals surface area contributed by atoms with Gasteiger partial charge in [-0.2, -0.15) is 0 Å². The number of amides is 2. The van der Waals surface area contributed by atoms with Crippen LogP contribution >= 0.6 is 0 Å². The summed E-state index contributed by atoms with van der Waals surface area (Å²) in [5, 5.41) is 2.74. The quantitative estimate of drug-likeness (QED) is 0.799. The first-order valence-corrected chi connectivity index (χ1v) is 6.70. The molecule has 2 aliphatic rings. The second-order valence-corrected chi connectivity index (χ2v) is 5.65. The molecule has 2 rings (SSSR count). The predicted octanol–water partition coefficient (Wildman–Crippen LogP) is 0.540. The standard InChI is InChI=1S/C13H22N2O3/c1-3-10-12(17)15(8-11(16)14-10)9-13(2)4-6-18-7-5-13/h10H,3-9H2,1-2H3,(H,14,16). The second-order valence-electron chi connectivity index (χ2n) is 5.65. The van der Waals surface area contributed by atoms with E-state index < -0.39 is 0 Å². The summed E-state index contributed by atoms with van der Waals surface area (Å²) < 4.78 is 5.36. The molecule has 5 nitrogen and oxygen atoms in total. The molecule has 5 heteroatoms. The van der Waals surface area contributed by atoms with Crippen LogP contribution in [0.4, 0.5) is 0 Å². The lowest BCUT2D eigenvalue weighted by molar-refractivity contribution is -0.146. The van der Waals surface area contributed by atoms with Crippen LogP contribution in [0.2, 0.25) is 0 Å². The Bertz CT molecular complexity index is 337. The van der Waals surface area contributed by atoms with Gasteiger partial charge in [0.15, 0.2) is 0 Å². The van der Waals surface area contributed by atoms with Gasteiger partial charge in [0.05, 0.1) is 6.54 Å². The van der Waals surface area contributed by atoms with Gasteiger partial charge in [0.25, 0.3) is 0 Å². The van der Waals surface area contributed by atoms with Crippen molar-refractivity contribution in [1.29, 1.82) is 0 Å². The van der Waals surface area contributed by atoms with Gasteiger partial charge in [-0.1, -0.05) is 13.8 Å². The molecule has 0 aromatic heterocycles. The molecular formula is C13H22N2O3. The topological polar surface area (TPSA) is 58.6 Å². The fraction of sp³-hybridized carbons (Fsp3) is 0.846. The van der Waals surface area contributed by atoms with Crippen molar-refractivity contribution in [3.8, 4) is 0 Å². The Balaban J connectivity index is 2.02. The highest BCUT2D eigenvalue weighted by Gasteiger charge is 2.37. The normalized spacial score (nSPS) is 28.1. The first kappa shape index (κ1) is 13.3. The third kappa shape index (κ3) is 2.83. The van der Waals surface area contributed by atoms with Crippen LogP contribution in [-0.4, -0.2) is 49.1 Å². The third-order valence-corrected chi connectivity index (χ3v) is 3.96. The number of piperazine rings is 1. The number of carbonyl (C=O) groups is 2. The maximum atomic E-state index is 12.2. The van der Waals surface area contributed by atoms with E-state index >= 15 is 0 Å². The van der Waals surface area contributed by atoms with Crippen LogP contribution in [-0.2, 0) is 14.3 Å². The van der Waals surface area contributed by atoms with Crippen LogP contribution in [0.5, 0.6) is 0 Å². The summed E-state index contributed by atoms with van der Waals surface area (Å²) in [6.07, 6.45) is 2.56. The zero-order chi connectivity index (χ0) is 13.2. The summed E-state index contributed by atoms with van der Waals surface area (Å²) in [6, 6.07) is -0.338. The zero-order valence-corrected chi connectivity index (χ0v) is 11.2. The lowest BCUT2D eigenvalue weighted by atomic mass is 9.81. The van der Waals surface area contributed by atoms with Gasteiger partial charge in [0, 0.05) is 19.8 Å². The summed E-state index contributed by atoms with van der Waals surface area (Å²) in [4.78, 5) is 25.5. The van der Waals surface area contributed by atoms with E-state index in [4.69, 9.17) is 4.74 Å². The van der Waals surface area contributed by atoms with Crippen molar-refractivity contribution in [2.24, 2.45) is 5.41 Å². The molecule has 2 fully saturated rings. The highest BCUT2D eigenvalue weighted by molar-refractivity contribution is 5.94. The average Bonchev–Trinajstić information content (AvgIpc) is 2.34. The molecular weight excluding hydrogens is 232 g/mol. The minimum Gasteiger partial charge on any atom is -0.381 e. The molecule has 1 unspecified atom stereocenters. The lowest BCUT2D eigenvalue weighted by Gasteiger charge is -2.40. The van der Waals surface area contributed by atoms with E-state index in [-0.39, 0.29) is 29.8 Å². The number of hydrogen-bond donors (Lipinski definition) is 1. The number of nitrogens with one attached hydrogen (secondary N) is 1. The fourth-order valence-electron chi connectivity index (χ4n) is 2.67. The van der Waals surface area contributed by atoms with E-state index in [0.29, 0.717) is 13.0 Å². The van der Waals surface area contributed by atoms with Crippen molar-refractivity contribution < 1.29 is 14.3 Å². The molecule has 2 saturated heterocycles. The highest BCUT2D eigenvalue weighted by atomic mass is 16.5. The van der Waals surface area contributed by atoms with Crippen molar-refractivity contribution in [3.05, 3.63) is 0 Å². The molecule has 0 aromatic rings. The smallest absolute Gasteiger partial charge is 0.245 e. The van der Waals surface area contributed by atoms with E-state index in [1.54, 1.807) is 4.90 Å². The molecule has 2 aliphatic heterocycles. The van der Waals surface area contributed by atoms with Crippen LogP contribution in [0.15, 0.2) is 0 Å². The Labute approximate surface area is 108 Å². The molecule has 0 saturated carbocycles. The Morgan fingerprint density at radius 1 is 1.39 bits per heavy atom. The Morgan fingerprint density at radius 3 is 2.67 bits per heavy atom. The van der Waals surface area contributed by atoms with Crippen molar-refractivity contribution in [2.45, 2.75) is 39.2 Å². The molecule has 102 valence electrons. The summed E-state index contributed by atoms with van der Waals surface area (Å²) >= 11 is 0. The molecule has 0 bridgehead atoms. The molecule has 0 aliphatic carbocycles. The second kappa shape index (κ2) is 5.26. The van der Waals surface area contributed by atoms with Gasteiger partial charge in [-0.05, 0) is 24.7 Å². The maximum absolute atomic E-state index is 12.2. The number of ether oxygens (including phenoxy) is 1. The van der Waals surface area contributed by atoms with Crippen LogP contribution in [0.1, 0.15) is 33.1 Å². The SMILES string of the molecule is CCC1NC(=O)CN(CC2(C)CCOCC2)C1=O.